The fourth-order valence-electron chi connectivity index (χ4n) is 18.2. The number of hydrogen-bond donors (Lipinski definition) is 1. The van der Waals surface area contributed by atoms with E-state index in [4.69, 9.17) is 113 Å². The molecule has 29 unspecified atom stereocenters. The zero-order valence-corrected chi connectivity index (χ0v) is 89.5. The van der Waals surface area contributed by atoms with Crippen molar-refractivity contribution in [3.8, 4) is 5.75 Å². The molecule has 30 heteroatoms. The first-order chi connectivity index (χ1) is 67.2. The summed E-state index contributed by atoms with van der Waals surface area (Å²) < 4.78 is 163. The highest BCUT2D eigenvalue weighted by molar-refractivity contribution is 7.85. The third kappa shape index (κ3) is 37.0. The topological polar surface area (TPSA) is 259 Å². The summed E-state index contributed by atoms with van der Waals surface area (Å²) in [7, 11) is -0.333. The Morgan fingerprint density at radius 1 is 0.277 bits per heavy atom. The van der Waals surface area contributed by atoms with Crippen molar-refractivity contribution in [2.75, 3.05) is 28.4 Å². The molecule has 8 aromatic carbocycles. The molecule has 0 saturated carbocycles. The minimum absolute atomic E-state index is 0. The molecule has 7 saturated heterocycles. The molecule has 0 spiro atoms. The van der Waals surface area contributed by atoms with Crippen LogP contribution in [-0.4, -0.2) is 234 Å². The van der Waals surface area contributed by atoms with Gasteiger partial charge in [-0.3, -0.25) is 4.21 Å². The number of hydrogen-bond acceptors (Lipinski definition) is 26. The Balaban J connectivity index is 0.000000191. The Labute approximate surface area is 844 Å². The van der Waals surface area contributed by atoms with Crippen LogP contribution in [0.25, 0.3) is 0 Å². The van der Waals surface area contributed by atoms with Gasteiger partial charge in [0.2, 0.25) is 0 Å². The Morgan fingerprint density at radius 3 is 0.745 bits per heavy atom. The fourth-order valence-corrected chi connectivity index (χ4v) is 23.0. The number of aliphatic hydroxyl groups excluding tert-OH is 1. The summed E-state index contributed by atoms with van der Waals surface area (Å²) in [6.45, 7) is 36.9. The SMILES string of the molecule is C.COC1CC(OCc2ccccc2)C(O)C(C)O1.COC1CC(OCc2ccccc2)C(OC2CC(OCc3ccccc3)C(OC3CC(OCc4ccccc4)C(O[Si](C)(C)C)C(C)O3)C(C)O2)C(C)O1.COC1CC(OCc2ccccc2)C(OC2CC(OCc3ccccc3)C(O[Si](C)(C)C)C(C)O2)C(C)O1.COc1ccc(S(=O)C2CC(OCc3ccccc3)C(O[Si](C)(C)C)C(C)O2)cc1. The molecule has 8 aromatic rings. The second-order valence-corrected chi connectivity index (χ2v) is 54.9. The van der Waals surface area contributed by atoms with Gasteiger partial charge in [-0.1, -0.05) is 220 Å². The van der Waals surface area contributed by atoms with Gasteiger partial charge in [-0.25, -0.2) is 0 Å². The van der Waals surface area contributed by atoms with Crippen molar-refractivity contribution >= 4 is 35.8 Å². The molecule has 15 rings (SSSR count). The van der Waals surface area contributed by atoms with E-state index in [1.165, 1.54) is 0 Å². The Bertz CT molecular complexity index is 4780. The number of benzene rings is 8. The van der Waals surface area contributed by atoms with Gasteiger partial charge in [0, 0.05) is 71.2 Å². The summed E-state index contributed by atoms with van der Waals surface area (Å²) in [5.41, 5.74) is 7.27. The van der Waals surface area contributed by atoms with E-state index in [0.717, 1.165) is 49.6 Å². The molecule has 29 atom stereocenters. The summed E-state index contributed by atoms with van der Waals surface area (Å²) in [5.74, 6) is 0.737. The van der Waals surface area contributed by atoms with Gasteiger partial charge in [0.15, 0.2) is 62.7 Å². The highest BCUT2D eigenvalue weighted by Crippen LogP contribution is 2.40. The van der Waals surface area contributed by atoms with Crippen LogP contribution in [0.15, 0.2) is 241 Å². The summed E-state index contributed by atoms with van der Waals surface area (Å²) in [4.78, 5) is 0.722. The molecule has 0 aliphatic carbocycles. The molecule has 0 bridgehead atoms. The standard InChI is InChI=1S/C43H60O10Si.C30H44O7Si.C23H32O5SSi.C14H20O4.CH4/c1-29-41(35(23-38(44-4)48-29)45-26-32-17-11-8-12-18-32)51-39-24-36(46-27-33-19-13-9-14-20-33)42(30(2)49-39)52-40-25-37(47-28-34-21-15-10-16-22-34)43(31(3)50-40)53-54(5,6)7;1-21-29(25(17-27(31-3)34-21)32-19-23-13-9-7-10-14-23)36-28-18-26(33-20-24-15-11-8-12-16-24)30(22(2)35-28)37-38(4,5)6;1-17-23(28-30(3,4)5)21(26-16-18-9-7-6-8-10-18)15-22(27-17)29(24)20-13-11-19(25-2)12-14-20;1-10-14(15)12(8-13(16-2)18-10)17-9-11-6-4-3-5-7-11;/h8-22,29-31,35-43H,23-28H2,1-7H3;7-16,21-22,25-30H,17-20H2,1-6H3;6-14,17,21-23H,15-16H2,1-5H3;3-7,10,12-15H,8-9H2,1-2H3;1H4. The van der Waals surface area contributed by atoms with E-state index < -0.39 is 78.4 Å². The number of aliphatic hydroxyl groups is 1. The van der Waals surface area contributed by atoms with Crippen molar-refractivity contribution in [3.63, 3.8) is 0 Å². The lowest BCUT2D eigenvalue weighted by Gasteiger charge is -2.47. The van der Waals surface area contributed by atoms with Gasteiger partial charge in [-0.2, -0.15) is 0 Å². The molecule has 7 fully saturated rings. The van der Waals surface area contributed by atoms with Gasteiger partial charge in [-0.05, 0) is 171 Å². The van der Waals surface area contributed by atoms with E-state index in [1.807, 2.05) is 224 Å². The lowest BCUT2D eigenvalue weighted by molar-refractivity contribution is -0.339. The van der Waals surface area contributed by atoms with Crippen molar-refractivity contribution in [2.45, 2.75) is 382 Å². The summed E-state index contributed by atoms with van der Waals surface area (Å²) >= 11 is 0. The molecule has 7 heterocycles. The van der Waals surface area contributed by atoms with Crippen LogP contribution in [0.3, 0.4) is 0 Å². The maximum atomic E-state index is 13.2. The first kappa shape index (κ1) is 115. The average Bonchev–Trinajstić information content (AvgIpc) is 0.798. The molecular formula is C111H160O26SSi3. The van der Waals surface area contributed by atoms with Crippen molar-refractivity contribution < 1.29 is 122 Å². The van der Waals surface area contributed by atoms with E-state index in [2.05, 4.69) is 120 Å². The first-order valence-corrected chi connectivity index (χ1v) is 61.1. The fraction of sp³-hybridized carbons (Fsp3) is 0.568. The first-order valence-electron chi connectivity index (χ1n) is 49.7. The second-order valence-electron chi connectivity index (χ2n) is 39.9. The minimum Gasteiger partial charge on any atom is -0.497 e. The van der Waals surface area contributed by atoms with E-state index in [9.17, 15) is 9.32 Å². The second kappa shape index (κ2) is 57.1. The van der Waals surface area contributed by atoms with Crippen LogP contribution >= 0.6 is 0 Å². The molecule has 141 heavy (non-hydrogen) atoms. The molecule has 26 nitrogen and oxygen atoms in total. The van der Waals surface area contributed by atoms with Crippen molar-refractivity contribution in [2.24, 2.45) is 0 Å². The maximum Gasteiger partial charge on any atom is 0.184 e. The van der Waals surface area contributed by atoms with Gasteiger partial charge >= 0.3 is 0 Å². The zero-order chi connectivity index (χ0) is 99.9. The van der Waals surface area contributed by atoms with Gasteiger partial charge in [0.25, 0.3) is 0 Å². The quantitative estimate of drug-likeness (QED) is 0.0351. The van der Waals surface area contributed by atoms with Gasteiger partial charge in [-0.15, -0.1) is 0 Å². The van der Waals surface area contributed by atoms with Crippen LogP contribution in [0.4, 0.5) is 0 Å². The van der Waals surface area contributed by atoms with E-state index >= 15 is 0 Å². The lowest BCUT2D eigenvalue weighted by Crippen LogP contribution is -2.58. The molecule has 0 radical (unpaired) electrons. The van der Waals surface area contributed by atoms with Gasteiger partial charge < -0.3 is 118 Å². The summed E-state index contributed by atoms with van der Waals surface area (Å²) in [5, 5.41) is 10.0. The largest absolute Gasteiger partial charge is 0.497 e. The monoisotopic (exact) mass is 2030 g/mol. The van der Waals surface area contributed by atoms with Crippen molar-refractivity contribution in [1.82, 2.24) is 0 Å². The van der Waals surface area contributed by atoms with Crippen molar-refractivity contribution in [1.29, 1.82) is 0 Å². The molecule has 7 aliphatic rings. The maximum absolute atomic E-state index is 13.2. The molecule has 778 valence electrons. The number of rotatable bonds is 39. The third-order valence-corrected chi connectivity index (χ3v) is 29.7. The number of methoxy groups -OCH3 is 4. The molecular weight excluding hydrogens is 1870 g/mol. The van der Waals surface area contributed by atoms with Crippen molar-refractivity contribution in [3.05, 3.63) is 276 Å². The molecule has 1 N–H and O–H groups in total. The number of ether oxygens (including phenoxy) is 21. The average molecular weight is 2030 g/mol. The van der Waals surface area contributed by atoms with Crippen LogP contribution < -0.4 is 4.74 Å². The highest BCUT2D eigenvalue weighted by Gasteiger charge is 2.51. The minimum atomic E-state index is -1.91. The predicted molar refractivity (Wildman–Crippen MR) is 550 cm³/mol. The Morgan fingerprint density at radius 2 is 0.489 bits per heavy atom. The molecule has 0 amide bonds. The predicted octanol–water partition coefficient (Wildman–Crippen LogP) is 20.6. The normalized spacial score (nSPS) is 31.1. The lowest BCUT2D eigenvalue weighted by atomic mass is 9.99. The molecule has 0 aromatic heterocycles. The summed E-state index contributed by atoms with van der Waals surface area (Å²) in [6.07, 6.45) is -4.68. The van der Waals surface area contributed by atoms with Crippen LogP contribution in [0.2, 0.25) is 58.9 Å². The Hall–Kier alpha value is -6.60. The van der Waals surface area contributed by atoms with Crippen LogP contribution in [0, 0.1) is 0 Å². The van der Waals surface area contributed by atoms with Crippen LogP contribution in [-0.2, 0) is 165 Å². The zero-order valence-electron chi connectivity index (χ0n) is 85.6. The van der Waals surface area contributed by atoms with Gasteiger partial charge in [0.1, 0.15) is 35.6 Å². The van der Waals surface area contributed by atoms with E-state index in [0.29, 0.717) is 91.2 Å². The van der Waals surface area contributed by atoms with Gasteiger partial charge in [0.05, 0.1) is 168 Å². The Kier molecular flexibility index (Phi) is 46.4. The van der Waals surface area contributed by atoms with E-state index in [-0.39, 0.29) is 136 Å². The van der Waals surface area contributed by atoms with E-state index in [1.54, 1.807) is 28.4 Å². The smallest absolute Gasteiger partial charge is 0.184 e. The highest BCUT2D eigenvalue weighted by atomic mass is 32.2. The third-order valence-electron chi connectivity index (χ3n) is 25.2. The summed E-state index contributed by atoms with van der Waals surface area (Å²) in [6, 6.07) is 78.2. The molecule has 7 aliphatic heterocycles. The van der Waals surface area contributed by atoms with Crippen LogP contribution in [0.1, 0.15) is 140 Å². The van der Waals surface area contributed by atoms with Crippen LogP contribution in [0.5, 0.6) is 5.75 Å².